The number of piperidine rings is 1. The molecule has 2 atom stereocenters. The number of nitrogens with one attached hydrogen (secondary N) is 1. The third-order valence-electron chi connectivity index (χ3n) is 3.87. The summed E-state index contributed by atoms with van der Waals surface area (Å²) >= 11 is 0. The van der Waals surface area contributed by atoms with Gasteiger partial charge >= 0.3 is 0 Å². The minimum Gasteiger partial charge on any atom is -0.374 e. The van der Waals surface area contributed by atoms with Crippen molar-refractivity contribution in [3.05, 3.63) is 24.3 Å². The summed E-state index contributed by atoms with van der Waals surface area (Å²) in [5, 5.41) is 3.41. The molecule has 0 aromatic rings. The topological polar surface area (TPSA) is 21.3 Å². The Kier molecular flexibility index (Phi) is 1.99. The van der Waals surface area contributed by atoms with Gasteiger partial charge < -0.3 is 10.1 Å². The molecule has 0 aromatic heterocycles. The summed E-state index contributed by atoms with van der Waals surface area (Å²) in [6.45, 7) is 3.15. The van der Waals surface area contributed by atoms with Crippen molar-refractivity contribution in [2.75, 3.05) is 19.7 Å². The molecule has 0 amide bonds. The fourth-order valence-corrected chi connectivity index (χ4v) is 3.06. The molecule has 1 N–H and O–H groups in total. The van der Waals surface area contributed by atoms with Gasteiger partial charge in [-0.1, -0.05) is 24.3 Å². The largest absolute Gasteiger partial charge is 0.374 e. The fourth-order valence-electron chi connectivity index (χ4n) is 3.06. The highest BCUT2D eigenvalue weighted by molar-refractivity contribution is 5.21. The van der Waals surface area contributed by atoms with Gasteiger partial charge in [-0.05, 0) is 25.9 Å². The normalized spacial score (nSPS) is 38.9. The zero-order valence-electron chi connectivity index (χ0n) is 8.41. The molecule has 3 rings (SSSR count). The zero-order chi connectivity index (χ0) is 9.43. The first kappa shape index (κ1) is 8.69. The average molecular weight is 191 g/mol. The minimum atomic E-state index is 0.164. The van der Waals surface area contributed by atoms with Gasteiger partial charge in [0.2, 0.25) is 0 Å². The highest BCUT2D eigenvalue weighted by atomic mass is 16.5. The van der Waals surface area contributed by atoms with Gasteiger partial charge in [0.15, 0.2) is 0 Å². The number of ether oxygens (including phenoxy) is 1. The molecule has 76 valence electrons. The van der Waals surface area contributed by atoms with Crippen LogP contribution in [0, 0.1) is 11.8 Å². The number of fused-ring (bicyclic) bond motifs is 2. The minimum absolute atomic E-state index is 0.164. The lowest BCUT2D eigenvalue weighted by molar-refractivity contribution is -0.0349. The molecule has 2 heteroatoms. The molecule has 2 fully saturated rings. The van der Waals surface area contributed by atoms with Crippen LogP contribution in [0.15, 0.2) is 24.3 Å². The smallest absolute Gasteiger partial charge is 0.0775 e. The summed E-state index contributed by atoms with van der Waals surface area (Å²) < 4.78 is 6.09. The van der Waals surface area contributed by atoms with E-state index in [1.807, 2.05) is 0 Å². The molecule has 0 aromatic carbocycles. The summed E-state index contributed by atoms with van der Waals surface area (Å²) in [4.78, 5) is 0. The first-order valence-corrected chi connectivity index (χ1v) is 5.60. The zero-order valence-corrected chi connectivity index (χ0v) is 8.41. The third kappa shape index (κ3) is 1.17. The second kappa shape index (κ2) is 3.21. The molecule has 14 heavy (non-hydrogen) atoms. The molecule has 0 bridgehead atoms. The van der Waals surface area contributed by atoms with Gasteiger partial charge in [-0.25, -0.2) is 0 Å². The van der Waals surface area contributed by atoms with Crippen LogP contribution >= 0.6 is 0 Å². The first-order chi connectivity index (χ1) is 6.91. The van der Waals surface area contributed by atoms with Crippen LogP contribution in [-0.4, -0.2) is 25.3 Å². The van der Waals surface area contributed by atoms with Crippen molar-refractivity contribution in [3.63, 3.8) is 0 Å². The molecule has 2 saturated heterocycles. The highest BCUT2D eigenvalue weighted by Crippen LogP contribution is 2.44. The summed E-state index contributed by atoms with van der Waals surface area (Å²) in [5.74, 6) is 1.27. The van der Waals surface area contributed by atoms with E-state index in [9.17, 15) is 0 Å². The lowest BCUT2D eigenvalue weighted by Crippen LogP contribution is -2.46. The van der Waals surface area contributed by atoms with Crippen molar-refractivity contribution in [1.29, 1.82) is 0 Å². The Morgan fingerprint density at radius 3 is 2.79 bits per heavy atom. The lowest BCUT2D eigenvalue weighted by Gasteiger charge is -2.38. The summed E-state index contributed by atoms with van der Waals surface area (Å²) in [6, 6.07) is 0. The van der Waals surface area contributed by atoms with Gasteiger partial charge in [0.25, 0.3) is 0 Å². The van der Waals surface area contributed by atoms with E-state index in [0.717, 1.165) is 19.7 Å². The summed E-state index contributed by atoms with van der Waals surface area (Å²) in [6.07, 6.45) is 11.3. The molecule has 3 aliphatic rings. The Morgan fingerprint density at radius 2 is 1.93 bits per heavy atom. The van der Waals surface area contributed by atoms with E-state index in [2.05, 4.69) is 29.6 Å². The average Bonchev–Trinajstić information content (AvgIpc) is 2.60. The van der Waals surface area contributed by atoms with Crippen LogP contribution in [0.25, 0.3) is 0 Å². The number of allylic oxidation sites excluding steroid dienone is 2. The van der Waals surface area contributed by atoms with Crippen LogP contribution in [-0.2, 0) is 4.74 Å². The molecular formula is C12H17NO. The van der Waals surface area contributed by atoms with E-state index in [4.69, 9.17) is 4.74 Å². The Labute approximate surface area is 85.0 Å². The standard InChI is InChI=1S/C12H17NO/c1-2-4-11-10(3-1)9-14-12(11)5-7-13-8-6-12/h1-4,10-11,13H,5-9H2. The maximum atomic E-state index is 6.09. The van der Waals surface area contributed by atoms with E-state index in [1.54, 1.807) is 0 Å². The van der Waals surface area contributed by atoms with E-state index in [1.165, 1.54) is 12.8 Å². The van der Waals surface area contributed by atoms with E-state index < -0.39 is 0 Å². The molecule has 1 aliphatic carbocycles. The van der Waals surface area contributed by atoms with Crippen LogP contribution < -0.4 is 5.32 Å². The van der Waals surface area contributed by atoms with Gasteiger partial charge in [0.05, 0.1) is 12.2 Å². The monoisotopic (exact) mass is 191 g/mol. The molecular weight excluding hydrogens is 174 g/mol. The van der Waals surface area contributed by atoms with Gasteiger partial charge in [-0.2, -0.15) is 0 Å². The van der Waals surface area contributed by atoms with E-state index in [0.29, 0.717) is 11.8 Å². The summed E-state index contributed by atoms with van der Waals surface area (Å²) in [7, 11) is 0. The van der Waals surface area contributed by atoms with Crippen molar-refractivity contribution < 1.29 is 4.74 Å². The third-order valence-corrected chi connectivity index (χ3v) is 3.87. The highest BCUT2D eigenvalue weighted by Gasteiger charge is 2.48. The Balaban J connectivity index is 1.87. The van der Waals surface area contributed by atoms with E-state index in [-0.39, 0.29) is 5.60 Å². The SMILES string of the molecule is C1=CC2COC3(CCNCC3)C2C=C1. The quantitative estimate of drug-likeness (QED) is 0.626. The van der Waals surface area contributed by atoms with Gasteiger partial charge in [-0.15, -0.1) is 0 Å². The van der Waals surface area contributed by atoms with E-state index >= 15 is 0 Å². The second-order valence-electron chi connectivity index (χ2n) is 4.59. The first-order valence-electron chi connectivity index (χ1n) is 5.60. The predicted molar refractivity (Wildman–Crippen MR) is 56.0 cm³/mol. The molecule has 0 saturated carbocycles. The molecule has 2 nitrogen and oxygen atoms in total. The molecule has 1 spiro atoms. The number of hydrogen-bond donors (Lipinski definition) is 1. The maximum absolute atomic E-state index is 6.09. The van der Waals surface area contributed by atoms with Crippen LogP contribution in [0.4, 0.5) is 0 Å². The van der Waals surface area contributed by atoms with Gasteiger partial charge in [0, 0.05) is 11.8 Å². The van der Waals surface area contributed by atoms with Crippen LogP contribution in [0.3, 0.4) is 0 Å². The van der Waals surface area contributed by atoms with Crippen molar-refractivity contribution in [2.45, 2.75) is 18.4 Å². The predicted octanol–water partition coefficient (Wildman–Crippen LogP) is 1.50. The van der Waals surface area contributed by atoms with Gasteiger partial charge in [0.1, 0.15) is 0 Å². The van der Waals surface area contributed by atoms with Crippen LogP contribution in [0.2, 0.25) is 0 Å². The second-order valence-corrected chi connectivity index (χ2v) is 4.59. The fraction of sp³-hybridized carbons (Fsp3) is 0.667. The Bertz CT molecular complexity index is 276. The van der Waals surface area contributed by atoms with Crippen LogP contribution in [0.1, 0.15) is 12.8 Å². The molecule has 2 unspecified atom stereocenters. The summed E-state index contributed by atoms with van der Waals surface area (Å²) in [5.41, 5.74) is 0.164. The van der Waals surface area contributed by atoms with Crippen molar-refractivity contribution in [2.24, 2.45) is 11.8 Å². The molecule has 2 aliphatic heterocycles. The lowest BCUT2D eigenvalue weighted by atomic mass is 9.74. The van der Waals surface area contributed by atoms with Crippen molar-refractivity contribution >= 4 is 0 Å². The Hall–Kier alpha value is -0.600. The van der Waals surface area contributed by atoms with Crippen molar-refractivity contribution in [1.82, 2.24) is 5.32 Å². The van der Waals surface area contributed by atoms with Crippen LogP contribution in [0.5, 0.6) is 0 Å². The van der Waals surface area contributed by atoms with Gasteiger partial charge in [-0.3, -0.25) is 0 Å². The number of rotatable bonds is 0. The maximum Gasteiger partial charge on any atom is 0.0775 e. The Morgan fingerprint density at radius 1 is 1.14 bits per heavy atom. The molecule has 0 radical (unpaired) electrons. The number of hydrogen-bond acceptors (Lipinski definition) is 2. The van der Waals surface area contributed by atoms with Crippen molar-refractivity contribution in [3.8, 4) is 0 Å². The molecule has 2 heterocycles.